The van der Waals surface area contributed by atoms with E-state index < -0.39 is 261 Å². The fourth-order valence-electron chi connectivity index (χ4n) is 10.6. The lowest BCUT2D eigenvalue weighted by Crippen LogP contribution is -2.68. The zero-order valence-corrected chi connectivity index (χ0v) is 41.2. The molecule has 0 amide bonds. The SMILES string of the molecule is COCC1OC2OC3C(CO)OC(OC4C(CO)OC(OC5C(CO)OC(OC6C(CO)OC(OC7C(CO)OC(OC8C(CO)OC(OC1C(O)C2O)C(O)C8O)C(O)C7O)C(O)C6O)C(O)C5O)C(O)C4O)C(O)C3O. The van der Waals surface area contributed by atoms with Gasteiger partial charge in [-0.1, -0.05) is 0 Å². The standard InChI is InChI=1S/C43H72O35/c1-64-8-15-36-22(56)29(63)43(71-15)77-35-14(7-49)69-41(27(61)20(35)54)75-33-12(5-47)67-39(25(59)18(33)52)73-31-10(3-45)65-37(23(57)16(31)50)72-30-9(2-44)66-38(24(58)17(30)51)74-32-11(4-46)68-40(26(60)19(32)53)76-34-13(6-48)70-42(78-36)28(62)21(34)55/h9-63H,2-8H2,1H3. The average Bonchev–Trinajstić information content (AvgIpc) is 3.44. The summed E-state index contributed by atoms with van der Waals surface area (Å²) in [5.41, 5.74) is 0. The molecule has 21 rings (SSSR count). The molecule has 14 bridgehead atoms. The Hall–Kier alpha value is -1.40. The zero-order valence-electron chi connectivity index (χ0n) is 41.2. The Morgan fingerprint density at radius 2 is 0.359 bits per heavy atom. The van der Waals surface area contributed by atoms with Crippen LogP contribution in [0.5, 0.6) is 0 Å². The zero-order chi connectivity index (χ0) is 56.8. The molecule has 0 aromatic rings. The maximum Gasteiger partial charge on any atom is 0.187 e. The van der Waals surface area contributed by atoms with Crippen molar-refractivity contribution in [2.45, 2.75) is 215 Å². The molecular formula is C43H72O35. The smallest absolute Gasteiger partial charge is 0.187 e. The quantitative estimate of drug-likeness (QED) is 0.107. The molecule has 0 spiro atoms. The lowest BCUT2D eigenvalue weighted by atomic mass is 9.95. The van der Waals surface area contributed by atoms with Gasteiger partial charge >= 0.3 is 0 Å². The molecule has 454 valence electrons. The Morgan fingerprint density at radius 3 is 0.500 bits per heavy atom. The summed E-state index contributed by atoms with van der Waals surface area (Å²) in [6.45, 7) is -6.67. The van der Waals surface area contributed by atoms with Crippen LogP contribution in [0.25, 0.3) is 0 Å². The van der Waals surface area contributed by atoms with E-state index in [9.17, 15) is 102 Å². The van der Waals surface area contributed by atoms with E-state index in [4.69, 9.17) is 71.1 Å². The molecule has 0 aromatic heterocycles. The summed E-state index contributed by atoms with van der Waals surface area (Å²) in [5, 5.41) is 221. The minimum Gasteiger partial charge on any atom is -0.394 e. The second-order valence-corrected chi connectivity index (χ2v) is 19.9. The summed E-state index contributed by atoms with van der Waals surface area (Å²) < 4.78 is 85.4. The molecule has 21 heterocycles. The lowest BCUT2D eigenvalue weighted by Gasteiger charge is -2.50. The van der Waals surface area contributed by atoms with Crippen LogP contribution in [0, 0.1) is 0 Å². The predicted octanol–water partition coefficient (Wildman–Crippen LogP) is -14.6. The highest BCUT2D eigenvalue weighted by atomic mass is 16.8. The van der Waals surface area contributed by atoms with E-state index in [0.717, 1.165) is 0 Å². The predicted molar refractivity (Wildman–Crippen MR) is 233 cm³/mol. The van der Waals surface area contributed by atoms with Crippen molar-refractivity contribution in [1.29, 1.82) is 0 Å². The van der Waals surface area contributed by atoms with Gasteiger partial charge in [-0.25, -0.2) is 0 Å². The first-order valence-corrected chi connectivity index (χ1v) is 25.0. The fourth-order valence-corrected chi connectivity index (χ4v) is 10.6. The van der Waals surface area contributed by atoms with Gasteiger partial charge in [-0.05, 0) is 0 Å². The first kappa shape index (κ1) is 62.6. The summed E-state index contributed by atoms with van der Waals surface area (Å²) in [7, 11) is 1.19. The van der Waals surface area contributed by atoms with Crippen molar-refractivity contribution in [3.63, 3.8) is 0 Å². The van der Waals surface area contributed by atoms with Crippen LogP contribution in [0.2, 0.25) is 0 Å². The molecular weight excluding hydrogens is 1080 g/mol. The second kappa shape index (κ2) is 26.7. The number of aliphatic hydroxyl groups excluding tert-OH is 20. The van der Waals surface area contributed by atoms with Crippen LogP contribution in [0.3, 0.4) is 0 Å². The minimum atomic E-state index is -2.20. The second-order valence-electron chi connectivity index (χ2n) is 19.9. The molecule has 35 unspecified atom stereocenters. The molecule has 21 fully saturated rings. The van der Waals surface area contributed by atoms with E-state index in [-0.39, 0.29) is 0 Å². The van der Waals surface area contributed by atoms with E-state index in [0.29, 0.717) is 0 Å². The van der Waals surface area contributed by atoms with Crippen LogP contribution in [-0.4, -0.2) is 370 Å². The highest BCUT2D eigenvalue weighted by molar-refractivity contribution is 5.01. The highest BCUT2D eigenvalue weighted by Crippen LogP contribution is 2.39. The van der Waals surface area contributed by atoms with Gasteiger partial charge in [0.15, 0.2) is 44.0 Å². The summed E-state index contributed by atoms with van der Waals surface area (Å²) in [6.07, 6.45) is -69.2. The van der Waals surface area contributed by atoms with Crippen molar-refractivity contribution < 1.29 is 173 Å². The Labute approximate surface area is 441 Å². The molecule has 21 aliphatic heterocycles. The van der Waals surface area contributed by atoms with E-state index in [1.807, 2.05) is 0 Å². The average molecular weight is 1150 g/mol. The molecule has 0 radical (unpaired) electrons. The normalized spacial score (nSPS) is 54.8. The first-order chi connectivity index (χ1) is 37.2. The summed E-state index contributed by atoms with van der Waals surface area (Å²) >= 11 is 0. The third-order valence-corrected chi connectivity index (χ3v) is 14.9. The first-order valence-electron chi connectivity index (χ1n) is 25.0. The van der Waals surface area contributed by atoms with Gasteiger partial charge in [0.25, 0.3) is 0 Å². The van der Waals surface area contributed by atoms with E-state index in [1.54, 1.807) is 0 Å². The number of ether oxygens (including phenoxy) is 15. The van der Waals surface area contributed by atoms with Crippen LogP contribution in [0.4, 0.5) is 0 Å². The molecule has 0 aromatic carbocycles. The maximum atomic E-state index is 11.5. The third kappa shape index (κ3) is 12.3. The van der Waals surface area contributed by atoms with Gasteiger partial charge in [-0.15, -0.1) is 0 Å². The molecule has 35 atom stereocenters. The van der Waals surface area contributed by atoms with Crippen molar-refractivity contribution in [2.75, 3.05) is 53.4 Å². The van der Waals surface area contributed by atoms with Crippen molar-refractivity contribution in [3.8, 4) is 0 Å². The van der Waals surface area contributed by atoms with Crippen molar-refractivity contribution in [3.05, 3.63) is 0 Å². The lowest BCUT2D eigenvalue weighted by molar-refractivity contribution is -0.396. The van der Waals surface area contributed by atoms with Crippen LogP contribution < -0.4 is 0 Å². The van der Waals surface area contributed by atoms with Gasteiger partial charge in [0, 0.05) is 7.11 Å². The van der Waals surface area contributed by atoms with Gasteiger partial charge in [0.05, 0.1) is 46.2 Å². The third-order valence-electron chi connectivity index (χ3n) is 14.9. The largest absolute Gasteiger partial charge is 0.394 e. The molecule has 0 saturated carbocycles. The number of methoxy groups -OCH3 is 1. The number of aliphatic hydroxyl groups is 20. The minimum absolute atomic E-state index is 0.477. The molecule has 21 aliphatic rings. The van der Waals surface area contributed by atoms with Gasteiger partial charge in [0.1, 0.15) is 171 Å². The van der Waals surface area contributed by atoms with Crippen LogP contribution >= 0.6 is 0 Å². The Bertz CT molecular complexity index is 1830. The monoisotopic (exact) mass is 1150 g/mol. The van der Waals surface area contributed by atoms with Crippen molar-refractivity contribution in [2.24, 2.45) is 0 Å². The van der Waals surface area contributed by atoms with Crippen molar-refractivity contribution >= 4 is 0 Å². The maximum absolute atomic E-state index is 11.5. The number of hydrogen-bond donors (Lipinski definition) is 20. The molecule has 0 aliphatic carbocycles. The van der Waals surface area contributed by atoms with E-state index in [1.165, 1.54) is 7.11 Å². The van der Waals surface area contributed by atoms with Crippen LogP contribution in [0.1, 0.15) is 0 Å². The highest BCUT2D eigenvalue weighted by Gasteiger charge is 2.59. The Kier molecular flexibility index (Phi) is 21.4. The fraction of sp³-hybridized carbons (Fsp3) is 1.00. The summed E-state index contributed by atoms with van der Waals surface area (Å²) in [6, 6.07) is 0. The molecule has 35 heteroatoms. The summed E-state index contributed by atoms with van der Waals surface area (Å²) in [5.74, 6) is 0. The number of hydrogen-bond acceptors (Lipinski definition) is 35. The van der Waals surface area contributed by atoms with E-state index in [2.05, 4.69) is 0 Å². The number of rotatable bonds is 8. The van der Waals surface area contributed by atoms with Gasteiger partial charge in [0.2, 0.25) is 0 Å². The van der Waals surface area contributed by atoms with Gasteiger partial charge < -0.3 is 173 Å². The molecule has 20 N–H and O–H groups in total. The molecule has 35 nitrogen and oxygen atoms in total. The van der Waals surface area contributed by atoms with E-state index >= 15 is 0 Å². The Balaban J connectivity index is 1.08. The van der Waals surface area contributed by atoms with Crippen LogP contribution in [-0.2, 0) is 71.1 Å². The van der Waals surface area contributed by atoms with Crippen LogP contribution in [0.15, 0.2) is 0 Å². The Morgan fingerprint density at radius 1 is 0.218 bits per heavy atom. The molecule has 21 saturated heterocycles. The summed E-state index contributed by atoms with van der Waals surface area (Å²) in [4.78, 5) is 0. The van der Waals surface area contributed by atoms with Gasteiger partial charge in [-0.3, -0.25) is 0 Å². The topological polar surface area (TPSA) is 543 Å². The molecule has 78 heavy (non-hydrogen) atoms. The van der Waals surface area contributed by atoms with Crippen molar-refractivity contribution in [1.82, 2.24) is 0 Å². The van der Waals surface area contributed by atoms with Gasteiger partial charge in [-0.2, -0.15) is 0 Å².